The molecule has 2 N–H and O–H groups in total. The van der Waals surface area contributed by atoms with E-state index < -0.39 is 11.4 Å². The third kappa shape index (κ3) is 2.78. The number of thiazole rings is 1. The fraction of sp³-hybridized carbons (Fsp3) is 0.615. The maximum Gasteiger partial charge on any atom is 0.311 e. The molecule has 0 radical (unpaired) electrons. The predicted molar refractivity (Wildman–Crippen MR) is 72.3 cm³/mol. The second-order valence-electron chi connectivity index (χ2n) is 5.24. The van der Waals surface area contributed by atoms with Gasteiger partial charge in [0.05, 0.1) is 16.6 Å². The van der Waals surface area contributed by atoms with Crippen molar-refractivity contribution in [2.45, 2.75) is 45.6 Å². The van der Waals surface area contributed by atoms with Gasteiger partial charge in [-0.1, -0.05) is 12.8 Å². The summed E-state index contributed by atoms with van der Waals surface area (Å²) in [6, 6.07) is -0.311. The minimum Gasteiger partial charge on any atom is -0.481 e. The Hall–Kier alpha value is -1.43. The van der Waals surface area contributed by atoms with E-state index in [-0.39, 0.29) is 11.9 Å². The largest absolute Gasteiger partial charge is 0.481 e. The van der Waals surface area contributed by atoms with Crippen LogP contribution in [-0.2, 0) is 4.79 Å². The number of hydrogen-bond acceptors (Lipinski definition) is 4. The van der Waals surface area contributed by atoms with Gasteiger partial charge in [-0.3, -0.25) is 9.59 Å². The van der Waals surface area contributed by atoms with Gasteiger partial charge < -0.3 is 10.4 Å². The zero-order valence-corrected chi connectivity index (χ0v) is 11.9. The molecular formula is C13H18N2O3S. The Morgan fingerprint density at radius 1 is 1.53 bits per heavy atom. The second kappa shape index (κ2) is 5.28. The third-order valence-electron chi connectivity index (χ3n) is 3.85. The van der Waals surface area contributed by atoms with E-state index in [2.05, 4.69) is 10.3 Å². The molecule has 19 heavy (non-hydrogen) atoms. The van der Waals surface area contributed by atoms with Gasteiger partial charge >= 0.3 is 5.97 Å². The maximum absolute atomic E-state index is 12.1. The van der Waals surface area contributed by atoms with Gasteiger partial charge in [0.1, 0.15) is 4.88 Å². The molecule has 1 aromatic heterocycles. The second-order valence-corrected chi connectivity index (χ2v) is 6.47. The van der Waals surface area contributed by atoms with Crippen LogP contribution in [0, 0.1) is 12.3 Å². The van der Waals surface area contributed by atoms with E-state index >= 15 is 0 Å². The molecule has 104 valence electrons. The highest BCUT2D eigenvalue weighted by Crippen LogP contribution is 2.36. The average Bonchev–Trinajstić information content (AvgIpc) is 2.79. The number of rotatable bonds is 3. The predicted octanol–water partition coefficient (Wildman–Crippen LogP) is 2.21. The summed E-state index contributed by atoms with van der Waals surface area (Å²) in [6.07, 6.45) is 4.71. The number of amides is 1. The van der Waals surface area contributed by atoms with Crippen molar-refractivity contribution in [1.29, 1.82) is 0 Å². The fourth-order valence-electron chi connectivity index (χ4n) is 2.52. The Morgan fingerprint density at radius 2 is 2.26 bits per heavy atom. The van der Waals surface area contributed by atoms with Crippen LogP contribution in [0.2, 0.25) is 0 Å². The monoisotopic (exact) mass is 282 g/mol. The number of hydrogen-bond donors (Lipinski definition) is 2. The molecule has 2 unspecified atom stereocenters. The summed E-state index contributed by atoms with van der Waals surface area (Å²) in [6.45, 7) is 3.56. The summed E-state index contributed by atoms with van der Waals surface area (Å²) in [5, 5.41) is 13.1. The van der Waals surface area contributed by atoms with Crippen molar-refractivity contribution >= 4 is 23.2 Å². The van der Waals surface area contributed by atoms with E-state index in [0.717, 1.165) is 17.8 Å². The van der Waals surface area contributed by atoms with E-state index in [9.17, 15) is 14.7 Å². The molecule has 1 saturated carbocycles. The molecule has 1 heterocycles. The quantitative estimate of drug-likeness (QED) is 0.891. The lowest BCUT2D eigenvalue weighted by atomic mass is 9.71. The smallest absolute Gasteiger partial charge is 0.311 e. The van der Waals surface area contributed by atoms with Crippen LogP contribution in [0.1, 0.15) is 47.3 Å². The molecule has 1 aliphatic carbocycles. The normalized spacial score (nSPS) is 26.9. The summed E-state index contributed by atoms with van der Waals surface area (Å²) in [5.74, 6) is -1.05. The molecule has 1 aliphatic rings. The molecule has 6 heteroatoms. The molecule has 0 bridgehead atoms. The first kappa shape index (κ1) is 14.0. The first-order chi connectivity index (χ1) is 8.93. The average molecular weight is 282 g/mol. The van der Waals surface area contributed by atoms with Crippen LogP contribution in [0.3, 0.4) is 0 Å². The Morgan fingerprint density at radius 3 is 2.84 bits per heavy atom. The summed E-state index contributed by atoms with van der Waals surface area (Å²) < 4.78 is 0. The van der Waals surface area contributed by atoms with Crippen molar-refractivity contribution in [3.8, 4) is 0 Å². The van der Waals surface area contributed by atoms with Gasteiger partial charge in [0, 0.05) is 6.04 Å². The Labute approximate surface area is 116 Å². The number of aryl methyl sites for hydroxylation is 1. The fourth-order valence-corrected chi connectivity index (χ4v) is 3.20. The summed E-state index contributed by atoms with van der Waals surface area (Å²) in [5.41, 5.74) is -0.867. The summed E-state index contributed by atoms with van der Waals surface area (Å²) >= 11 is 1.32. The molecule has 1 fully saturated rings. The minimum atomic E-state index is -0.867. The van der Waals surface area contributed by atoms with Crippen LogP contribution in [0.5, 0.6) is 0 Å². The lowest BCUT2D eigenvalue weighted by Gasteiger charge is -2.38. The van der Waals surface area contributed by atoms with E-state index in [0.29, 0.717) is 17.7 Å². The van der Waals surface area contributed by atoms with E-state index in [1.54, 1.807) is 6.92 Å². The number of nitrogens with zero attached hydrogens (tertiary/aromatic N) is 1. The van der Waals surface area contributed by atoms with Crippen LogP contribution in [0.25, 0.3) is 0 Å². The number of carboxylic acids is 1. The minimum absolute atomic E-state index is 0.218. The number of carbonyl (C=O) groups excluding carboxylic acids is 1. The van der Waals surface area contributed by atoms with Gasteiger partial charge in [0.15, 0.2) is 0 Å². The molecule has 0 spiro atoms. The van der Waals surface area contributed by atoms with Crippen molar-refractivity contribution in [3.05, 3.63) is 16.1 Å². The highest BCUT2D eigenvalue weighted by atomic mass is 32.1. The van der Waals surface area contributed by atoms with Gasteiger partial charge in [-0.15, -0.1) is 11.3 Å². The van der Waals surface area contributed by atoms with Crippen molar-refractivity contribution < 1.29 is 14.7 Å². The first-order valence-corrected chi connectivity index (χ1v) is 7.22. The first-order valence-electron chi connectivity index (χ1n) is 6.40. The Kier molecular flexibility index (Phi) is 3.89. The Bertz CT molecular complexity index is 500. The number of nitrogens with one attached hydrogen (secondary N) is 1. The van der Waals surface area contributed by atoms with Gasteiger partial charge in [0.25, 0.3) is 5.91 Å². The molecule has 0 saturated heterocycles. The van der Waals surface area contributed by atoms with E-state index in [1.165, 1.54) is 17.5 Å². The number of carboxylic acid groups (broad SMARTS) is 1. The lowest BCUT2D eigenvalue weighted by molar-refractivity contribution is -0.151. The summed E-state index contributed by atoms with van der Waals surface area (Å²) in [4.78, 5) is 28.1. The van der Waals surface area contributed by atoms with Crippen molar-refractivity contribution in [2.75, 3.05) is 0 Å². The topological polar surface area (TPSA) is 79.3 Å². The van der Waals surface area contributed by atoms with E-state index in [1.807, 2.05) is 6.92 Å². The molecule has 2 atom stereocenters. The molecule has 0 aromatic carbocycles. The molecule has 1 aromatic rings. The van der Waals surface area contributed by atoms with Crippen molar-refractivity contribution in [2.24, 2.45) is 5.41 Å². The maximum atomic E-state index is 12.1. The Balaban J connectivity index is 2.12. The van der Waals surface area contributed by atoms with Crippen molar-refractivity contribution in [3.63, 3.8) is 0 Å². The van der Waals surface area contributed by atoms with Gasteiger partial charge in [-0.25, -0.2) is 4.98 Å². The zero-order valence-electron chi connectivity index (χ0n) is 11.1. The van der Waals surface area contributed by atoms with Crippen LogP contribution >= 0.6 is 11.3 Å². The number of aromatic nitrogens is 1. The zero-order chi connectivity index (χ0) is 14.0. The third-order valence-corrected chi connectivity index (χ3v) is 4.76. The van der Waals surface area contributed by atoms with Crippen LogP contribution < -0.4 is 5.32 Å². The molecule has 2 rings (SSSR count). The standard InChI is InChI=1S/C13H18N2O3S/c1-8-14-7-9(19-8)11(16)15-10-5-3-4-6-13(10,2)12(17)18/h7,10H,3-6H2,1-2H3,(H,15,16)(H,17,18). The summed E-state index contributed by atoms with van der Waals surface area (Å²) in [7, 11) is 0. The lowest BCUT2D eigenvalue weighted by Crippen LogP contribution is -2.52. The van der Waals surface area contributed by atoms with Gasteiger partial charge in [0.2, 0.25) is 0 Å². The van der Waals surface area contributed by atoms with Crippen molar-refractivity contribution in [1.82, 2.24) is 10.3 Å². The van der Waals surface area contributed by atoms with Crippen LogP contribution in [0.15, 0.2) is 6.20 Å². The SMILES string of the molecule is Cc1ncc(C(=O)NC2CCCCC2(C)C(=O)O)s1. The van der Waals surface area contributed by atoms with Crippen LogP contribution in [0.4, 0.5) is 0 Å². The highest BCUT2D eigenvalue weighted by Gasteiger charge is 2.44. The van der Waals surface area contributed by atoms with Gasteiger partial charge in [-0.2, -0.15) is 0 Å². The number of carbonyl (C=O) groups is 2. The molecular weight excluding hydrogens is 264 g/mol. The van der Waals surface area contributed by atoms with E-state index in [4.69, 9.17) is 0 Å². The highest BCUT2D eigenvalue weighted by molar-refractivity contribution is 7.13. The molecule has 0 aliphatic heterocycles. The number of aliphatic carboxylic acids is 1. The molecule has 1 amide bonds. The van der Waals surface area contributed by atoms with Gasteiger partial charge in [-0.05, 0) is 26.7 Å². The molecule has 5 nitrogen and oxygen atoms in total. The van der Waals surface area contributed by atoms with Crippen LogP contribution in [-0.4, -0.2) is 28.0 Å².